The molecule has 0 unspecified atom stereocenters. The molecule has 1 atom stereocenters. The van der Waals surface area contributed by atoms with Crippen molar-refractivity contribution in [1.29, 1.82) is 0 Å². The van der Waals surface area contributed by atoms with E-state index in [9.17, 15) is 14.7 Å². The fourth-order valence-electron chi connectivity index (χ4n) is 4.76. The largest absolute Gasteiger partial charge is 1.00 e. The van der Waals surface area contributed by atoms with Crippen LogP contribution in [0.4, 0.5) is 5.69 Å². The van der Waals surface area contributed by atoms with Crippen molar-refractivity contribution in [2.24, 2.45) is 0 Å². The van der Waals surface area contributed by atoms with E-state index in [-0.39, 0.29) is 18.9 Å². The number of carbonyl (C=O) groups is 2. The molecule has 212 valence electrons. The van der Waals surface area contributed by atoms with Gasteiger partial charge in [0.05, 0.1) is 19.1 Å². The normalized spacial score (nSPS) is 11.2. The molecule has 0 radical (unpaired) electrons. The van der Waals surface area contributed by atoms with Crippen molar-refractivity contribution in [1.82, 2.24) is 5.32 Å². The van der Waals surface area contributed by atoms with Crippen molar-refractivity contribution in [3.8, 4) is 16.9 Å². The molecule has 4 aromatic carbocycles. The number of hydrogen-bond donors (Lipinski definition) is 1. The van der Waals surface area contributed by atoms with Crippen LogP contribution in [-0.4, -0.2) is 37.0 Å². The van der Waals surface area contributed by atoms with E-state index >= 15 is 0 Å². The van der Waals surface area contributed by atoms with Gasteiger partial charge in [-0.3, -0.25) is 4.79 Å². The Kier molecular flexibility index (Phi) is 12.6. The van der Waals surface area contributed by atoms with E-state index in [1.165, 1.54) is 17.3 Å². The number of amides is 1. The van der Waals surface area contributed by atoms with Crippen molar-refractivity contribution in [3.63, 3.8) is 0 Å². The number of carbonyl (C=O) groups excluding carboxylic acids is 2. The molecule has 6 nitrogen and oxygen atoms in total. The monoisotopic (exact) mass is 574 g/mol. The third-order valence-corrected chi connectivity index (χ3v) is 7.64. The number of aryl methyl sites for hydroxylation is 1. The van der Waals surface area contributed by atoms with Crippen molar-refractivity contribution < 1.29 is 38.3 Å². The van der Waals surface area contributed by atoms with E-state index in [2.05, 4.69) is 22.3 Å². The van der Waals surface area contributed by atoms with Crippen LogP contribution in [0.3, 0.4) is 0 Å². The van der Waals surface area contributed by atoms with Gasteiger partial charge in [-0.05, 0) is 89.6 Å². The van der Waals surface area contributed by atoms with Crippen molar-refractivity contribution >= 4 is 29.3 Å². The average molecular weight is 575 g/mol. The van der Waals surface area contributed by atoms with Crippen molar-refractivity contribution in [3.05, 3.63) is 119 Å². The van der Waals surface area contributed by atoms with Gasteiger partial charge in [0.25, 0.3) is 5.91 Å². The van der Waals surface area contributed by atoms with Crippen molar-refractivity contribution in [2.45, 2.75) is 32.5 Å². The third-order valence-electron chi connectivity index (χ3n) is 6.99. The zero-order valence-corrected chi connectivity index (χ0v) is 25.4. The van der Waals surface area contributed by atoms with Crippen LogP contribution in [0.2, 0.25) is 0 Å². The maximum Gasteiger partial charge on any atom is 1.00 e. The molecular formula is C34H35LiN2O4S. The SMILES string of the molecule is COc1ccc(N(Cc2ccccc2)Cc2ccc(C(=O)N[C@@H](CCSC)C(=O)[O-])c(-c3ccccc3C)c2)cc1.[Li+]. The fourth-order valence-corrected chi connectivity index (χ4v) is 5.23. The fraction of sp³-hybridized carbons (Fsp3) is 0.235. The van der Waals surface area contributed by atoms with Gasteiger partial charge in [-0.25, -0.2) is 0 Å². The molecule has 1 N–H and O–H groups in total. The Bertz CT molecular complexity index is 1460. The maximum absolute atomic E-state index is 13.5. The average Bonchev–Trinajstić information content (AvgIpc) is 2.99. The molecule has 0 saturated carbocycles. The van der Waals surface area contributed by atoms with E-state index in [0.717, 1.165) is 33.7 Å². The molecule has 0 saturated heterocycles. The number of nitrogens with zero attached hydrogens (tertiary/aromatic N) is 1. The van der Waals surface area contributed by atoms with Gasteiger partial charge >= 0.3 is 18.9 Å². The molecule has 42 heavy (non-hydrogen) atoms. The van der Waals surface area contributed by atoms with Crippen LogP contribution in [-0.2, 0) is 17.9 Å². The van der Waals surface area contributed by atoms with E-state index < -0.39 is 17.9 Å². The smallest absolute Gasteiger partial charge is 0.548 e. The standard InChI is InChI=1S/C34H36N2O4S.Li/c1-24-9-7-8-12-29(24)31-21-26(13-18-30(31)33(37)35-32(34(38)39)19-20-41-3)23-36(22-25-10-5-4-6-11-25)27-14-16-28(40-2)17-15-27;/h4-18,21,32H,19-20,22-23H2,1-3H3,(H,35,37)(H,38,39);/q;+1/p-1/t32-;/m0./s1. The molecule has 0 aliphatic carbocycles. The van der Waals surface area contributed by atoms with Gasteiger partial charge in [0.1, 0.15) is 5.75 Å². The Morgan fingerprint density at radius 3 is 2.19 bits per heavy atom. The van der Waals surface area contributed by atoms with E-state index in [1.807, 2.05) is 92.0 Å². The molecule has 0 aliphatic heterocycles. The number of carboxylic acids is 1. The Labute approximate surface area is 264 Å². The van der Waals surface area contributed by atoms with Gasteiger partial charge in [-0.2, -0.15) is 11.8 Å². The molecule has 4 aromatic rings. The number of rotatable bonds is 13. The van der Waals surface area contributed by atoms with Crippen LogP contribution in [0.1, 0.15) is 33.5 Å². The summed E-state index contributed by atoms with van der Waals surface area (Å²) in [5.74, 6) is -0.317. The van der Waals surface area contributed by atoms with E-state index in [1.54, 1.807) is 13.2 Å². The molecule has 0 bridgehead atoms. The second-order valence-electron chi connectivity index (χ2n) is 9.86. The summed E-state index contributed by atoms with van der Waals surface area (Å²) in [6.45, 7) is 3.29. The summed E-state index contributed by atoms with van der Waals surface area (Å²) in [6.07, 6.45) is 2.19. The second kappa shape index (κ2) is 16.1. The topological polar surface area (TPSA) is 81.7 Å². The first-order chi connectivity index (χ1) is 19.9. The number of benzene rings is 4. The van der Waals surface area contributed by atoms with E-state index in [0.29, 0.717) is 30.8 Å². The van der Waals surface area contributed by atoms with Gasteiger partial charge < -0.3 is 24.9 Å². The van der Waals surface area contributed by atoms with Gasteiger partial charge in [-0.15, -0.1) is 0 Å². The molecular weight excluding hydrogens is 539 g/mol. The van der Waals surface area contributed by atoms with Gasteiger partial charge in [-0.1, -0.05) is 60.7 Å². The molecule has 1 amide bonds. The zero-order chi connectivity index (χ0) is 29.2. The summed E-state index contributed by atoms with van der Waals surface area (Å²) in [7, 11) is 1.65. The predicted molar refractivity (Wildman–Crippen MR) is 165 cm³/mol. The zero-order valence-electron chi connectivity index (χ0n) is 24.6. The number of nitrogens with one attached hydrogen (secondary N) is 1. The van der Waals surface area contributed by atoms with Crippen LogP contribution >= 0.6 is 11.8 Å². The summed E-state index contributed by atoms with van der Waals surface area (Å²) in [4.78, 5) is 27.5. The number of thioether (sulfide) groups is 1. The van der Waals surface area contributed by atoms with Crippen molar-refractivity contribution in [2.75, 3.05) is 24.0 Å². The predicted octanol–water partition coefficient (Wildman–Crippen LogP) is 2.48. The van der Waals surface area contributed by atoms with Gasteiger partial charge in [0.15, 0.2) is 0 Å². The molecule has 0 heterocycles. The molecule has 0 aromatic heterocycles. The van der Waals surface area contributed by atoms with E-state index in [4.69, 9.17) is 4.74 Å². The van der Waals surface area contributed by atoms with Crippen LogP contribution in [0.5, 0.6) is 5.75 Å². The summed E-state index contributed by atoms with van der Waals surface area (Å²) < 4.78 is 5.36. The van der Waals surface area contributed by atoms with Crippen LogP contribution < -0.4 is 38.9 Å². The molecule has 0 spiro atoms. The minimum atomic E-state index is -1.28. The first kappa shape index (κ1) is 32.9. The van der Waals surface area contributed by atoms with Gasteiger partial charge in [0, 0.05) is 24.3 Å². The Balaban J connectivity index is 0.00000484. The number of anilines is 1. The van der Waals surface area contributed by atoms with Gasteiger partial charge in [0.2, 0.25) is 0 Å². The first-order valence-electron chi connectivity index (χ1n) is 13.5. The first-order valence-corrected chi connectivity index (χ1v) is 14.9. The minimum Gasteiger partial charge on any atom is -0.548 e. The third kappa shape index (κ3) is 8.69. The number of carboxylic acid groups (broad SMARTS) is 1. The quantitative estimate of drug-likeness (QED) is 0.247. The molecule has 4 rings (SSSR count). The maximum atomic E-state index is 13.5. The Hall–Kier alpha value is -3.63. The molecule has 0 fully saturated rings. The summed E-state index contributed by atoms with van der Waals surface area (Å²) >= 11 is 1.53. The molecule has 0 aliphatic rings. The van der Waals surface area contributed by atoms with Crippen LogP contribution in [0, 0.1) is 6.92 Å². The number of hydrogen-bond acceptors (Lipinski definition) is 6. The second-order valence-corrected chi connectivity index (χ2v) is 10.8. The minimum absolute atomic E-state index is 0. The Morgan fingerprint density at radius 1 is 0.881 bits per heavy atom. The van der Waals surface area contributed by atoms with Crippen LogP contribution in [0.25, 0.3) is 11.1 Å². The summed E-state index contributed by atoms with van der Waals surface area (Å²) in [5.41, 5.74) is 6.37. The van der Waals surface area contributed by atoms with Crippen LogP contribution in [0.15, 0.2) is 97.1 Å². The number of methoxy groups -OCH3 is 1. The summed E-state index contributed by atoms with van der Waals surface area (Å²) in [6, 6.07) is 30.9. The number of ether oxygens (including phenoxy) is 1. The number of aliphatic carboxylic acids is 1. The molecule has 8 heteroatoms. The Morgan fingerprint density at radius 2 is 1.55 bits per heavy atom. The summed E-state index contributed by atoms with van der Waals surface area (Å²) in [5, 5.41) is 14.4.